The Kier molecular flexibility index (Phi) is 5.22. The molecule has 0 saturated carbocycles. The maximum Gasteiger partial charge on any atom is 0.123 e. The number of hydrogen-bond donors (Lipinski definition) is 0. The van der Waals surface area contributed by atoms with Gasteiger partial charge in [0.25, 0.3) is 0 Å². The summed E-state index contributed by atoms with van der Waals surface area (Å²) in [5.41, 5.74) is 3.52. The van der Waals surface area contributed by atoms with Crippen molar-refractivity contribution in [2.24, 2.45) is 0 Å². The van der Waals surface area contributed by atoms with Gasteiger partial charge in [0, 0.05) is 41.6 Å². The van der Waals surface area contributed by atoms with Gasteiger partial charge in [-0.25, -0.2) is 4.98 Å². The molecule has 1 aromatic carbocycles. The number of thioether (sulfide) groups is 1. The molecule has 2 aromatic rings. The Morgan fingerprint density at radius 1 is 1.33 bits per heavy atom. The number of benzene rings is 1. The highest BCUT2D eigenvalue weighted by molar-refractivity contribution is 7.99. The lowest BCUT2D eigenvalue weighted by Gasteiger charge is -2.32. The van der Waals surface area contributed by atoms with E-state index >= 15 is 0 Å². The third-order valence-electron chi connectivity index (χ3n) is 3.78. The van der Waals surface area contributed by atoms with Crippen molar-refractivity contribution in [3.63, 3.8) is 0 Å². The molecule has 2 heterocycles. The minimum atomic E-state index is 0.486. The zero-order valence-electron chi connectivity index (χ0n) is 12.1. The molecule has 21 heavy (non-hydrogen) atoms. The molecule has 1 aromatic heterocycles. The van der Waals surface area contributed by atoms with Crippen LogP contribution < -0.4 is 0 Å². The highest BCUT2D eigenvalue weighted by Gasteiger charge is 2.18. The molecule has 1 saturated heterocycles. The molecular weight excluding hydrogens is 320 g/mol. The third-order valence-corrected chi connectivity index (χ3v) is 6.18. The van der Waals surface area contributed by atoms with Crippen molar-refractivity contribution in [2.75, 3.05) is 18.1 Å². The fraction of sp³-hybridized carbons (Fsp3) is 0.438. The van der Waals surface area contributed by atoms with Gasteiger partial charge in [0.15, 0.2) is 0 Å². The van der Waals surface area contributed by atoms with Crippen molar-refractivity contribution in [3.05, 3.63) is 40.9 Å². The number of alkyl halides is 1. The number of halogens is 1. The average Bonchev–Trinajstić information content (AvgIpc) is 2.99. The zero-order valence-corrected chi connectivity index (χ0v) is 14.5. The van der Waals surface area contributed by atoms with Crippen LogP contribution in [0, 0.1) is 0 Å². The van der Waals surface area contributed by atoms with Gasteiger partial charge in [-0.1, -0.05) is 24.3 Å². The molecule has 1 fully saturated rings. The Balaban J connectivity index is 1.68. The number of rotatable bonds is 4. The number of hydrogen-bond acceptors (Lipinski definition) is 4. The second kappa shape index (κ2) is 7.14. The molecule has 0 bridgehead atoms. The Morgan fingerprint density at radius 2 is 2.14 bits per heavy atom. The Labute approximate surface area is 139 Å². The van der Waals surface area contributed by atoms with Crippen LogP contribution in [0.1, 0.15) is 18.2 Å². The van der Waals surface area contributed by atoms with E-state index in [0.29, 0.717) is 11.9 Å². The summed E-state index contributed by atoms with van der Waals surface area (Å²) in [6, 6.07) is 9.48. The molecule has 0 spiro atoms. The number of aromatic nitrogens is 1. The zero-order chi connectivity index (χ0) is 14.7. The molecule has 0 N–H and O–H groups in total. The molecule has 1 aliphatic heterocycles. The average molecular weight is 339 g/mol. The van der Waals surface area contributed by atoms with E-state index in [9.17, 15) is 0 Å². The van der Waals surface area contributed by atoms with Crippen molar-refractivity contribution in [3.8, 4) is 10.6 Å². The molecule has 5 heteroatoms. The quantitative estimate of drug-likeness (QED) is 0.764. The second-order valence-electron chi connectivity index (χ2n) is 5.37. The van der Waals surface area contributed by atoms with E-state index < -0.39 is 0 Å². The van der Waals surface area contributed by atoms with Gasteiger partial charge in [0.05, 0.1) is 11.6 Å². The lowest BCUT2D eigenvalue weighted by atomic mass is 10.1. The van der Waals surface area contributed by atoms with Crippen molar-refractivity contribution in [1.82, 2.24) is 9.88 Å². The van der Waals surface area contributed by atoms with E-state index in [1.54, 1.807) is 11.3 Å². The molecule has 0 aliphatic carbocycles. The van der Waals surface area contributed by atoms with Gasteiger partial charge < -0.3 is 0 Å². The highest BCUT2D eigenvalue weighted by atomic mass is 35.5. The summed E-state index contributed by atoms with van der Waals surface area (Å²) in [7, 11) is 0. The predicted octanol–water partition coefficient (Wildman–Crippen LogP) is 4.49. The van der Waals surface area contributed by atoms with E-state index in [0.717, 1.165) is 17.2 Å². The lowest BCUT2D eigenvalue weighted by molar-refractivity contribution is 0.224. The van der Waals surface area contributed by atoms with Crippen LogP contribution in [0.15, 0.2) is 29.6 Å². The topological polar surface area (TPSA) is 16.1 Å². The fourth-order valence-corrected chi connectivity index (χ4v) is 4.62. The van der Waals surface area contributed by atoms with Crippen LogP contribution in [-0.4, -0.2) is 34.0 Å². The van der Waals surface area contributed by atoms with Gasteiger partial charge >= 0.3 is 0 Å². The molecule has 1 unspecified atom stereocenters. The van der Waals surface area contributed by atoms with E-state index in [4.69, 9.17) is 11.6 Å². The Morgan fingerprint density at radius 3 is 2.81 bits per heavy atom. The molecule has 1 aliphatic rings. The standard InChI is InChI=1S/C16H19ClN2S2/c1-12-10-20-7-6-19(12)9-13-2-4-14(5-3-13)16-18-15(8-17)11-21-16/h2-5,11-12H,6-10H2,1H3. The van der Waals surface area contributed by atoms with Crippen molar-refractivity contribution in [2.45, 2.75) is 25.4 Å². The first-order valence-electron chi connectivity index (χ1n) is 7.18. The molecule has 1 atom stereocenters. The maximum absolute atomic E-state index is 5.81. The minimum Gasteiger partial charge on any atom is -0.295 e. The number of thiazole rings is 1. The van der Waals surface area contributed by atoms with Gasteiger partial charge in [-0.05, 0) is 12.5 Å². The van der Waals surface area contributed by atoms with Gasteiger partial charge in [0.2, 0.25) is 0 Å². The van der Waals surface area contributed by atoms with Crippen LogP contribution in [0.3, 0.4) is 0 Å². The first-order chi connectivity index (χ1) is 10.3. The molecule has 2 nitrogen and oxygen atoms in total. The van der Waals surface area contributed by atoms with Crippen molar-refractivity contribution in [1.29, 1.82) is 0 Å². The second-order valence-corrected chi connectivity index (χ2v) is 7.64. The lowest BCUT2D eigenvalue weighted by Crippen LogP contribution is -2.39. The molecule has 112 valence electrons. The predicted molar refractivity (Wildman–Crippen MR) is 94.3 cm³/mol. The number of nitrogens with zero attached hydrogens (tertiary/aromatic N) is 2. The first kappa shape index (κ1) is 15.3. The van der Waals surface area contributed by atoms with Crippen LogP contribution in [0.5, 0.6) is 0 Å². The largest absolute Gasteiger partial charge is 0.295 e. The van der Waals surface area contributed by atoms with Crippen LogP contribution in [0.25, 0.3) is 10.6 Å². The summed E-state index contributed by atoms with van der Waals surface area (Å²) in [5, 5.41) is 3.09. The Bertz CT molecular complexity index is 582. The summed E-state index contributed by atoms with van der Waals surface area (Å²) in [6.07, 6.45) is 0. The van der Waals surface area contributed by atoms with Gasteiger partial charge in [-0.2, -0.15) is 11.8 Å². The molecule has 0 radical (unpaired) electrons. The normalized spacial score (nSPS) is 19.8. The summed E-state index contributed by atoms with van der Waals surface area (Å²) >= 11 is 9.53. The van der Waals surface area contributed by atoms with Crippen LogP contribution in [0.2, 0.25) is 0 Å². The molecule has 3 rings (SSSR count). The monoisotopic (exact) mass is 338 g/mol. The summed E-state index contributed by atoms with van der Waals surface area (Å²) < 4.78 is 0. The van der Waals surface area contributed by atoms with Crippen molar-refractivity contribution < 1.29 is 0 Å². The SMILES string of the molecule is CC1CSCCN1Cc1ccc(-c2nc(CCl)cs2)cc1. The van der Waals surface area contributed by atoms with Crippen LogP contribution in [-0.2, 0) is 12.4 Å². The van der Waals surface area contributed by atoms with Gasteiger partial charge in [-0.3, -0.25) is 4.90 Å². The summed E-state index contributed by atoms with van der Waals surface area (Å²) in [4.78, 5) is 7.10. The minimum absolute atomic E-state index is 0.486. The summed E-state index contributed by atoms with van der Waals surface area (Å²) in [6.45, 7) is 4.57. The van der Waals surface area contributed by atoms with E-state index in [1.165, 1.54) is 29.2 Å². The van der Waals surface area contributed by atoms with E-state index in [-0.39, 0.29) is 0 Å². The smallest absolute Gasteiger partial charge is 0.123 e. The highest BCUT2D eigenvalue weighted by Crippen LogP contribution is 2.25. The van der Waals surface area contributed by atoms with Gasteiger partial charge in [0.1, 0.15) is 5.01 Å². The maximum atomic E-state index is 5.81. The van der Waals surface area contributed by atoms with E-state index in [2.05, 4.69) is 52.8 Å². The van der Waals surface area contributed by atoms with Crippen molar-refractivity contribution >= 4 is 34.7 Å². The van der Waals surface area contributed by atoms with Gasteiger partial charge in [-0.15, -0.1) is 22.9 Å². The van der Waals surface area contributed by atoms with Crippen LogP contribution in [0.4, 0.5) is 0 Å². The van der Waals surface area contributed by atoms with Crippen LogP contribution >= 0.6 is 34.7 Å². The molecule has 0 amide bonds. The first-order valence-corrected chi connectivity index (χ1v) is 9.74. The third kappa shape index (κ3) is 3.81. The fourth-order valence-electron chi connectivity index (χ4n) is 2.48. The Hall–Kier alpha value is -0.550. The van der Waals surface area contributed by atoms with E-state index in [1.807, 2.05) is 5.38 Å². The summed E-state index contributed by atoms with van der Waals surface area (Å²) in [5.74, 6) is 2.99. The molecular formula is C16H19ClN2S2.